The molecule has 4 saturated carbocycles. The smallest absolute Gasteiger partial charge is 0.326 e. The van der Waals surface area contributed by atoms with E-state index in [1.165, 1.54) is 17.9 Å². The van der Waals surface area contributed by atoms with Crippen LogP contribution in [0.15, 0.2) is 27.8 Å². The van der Waals surface area contributed by atoms with Crippen molar-refractivity contribution in [3.63, 3.8) is 0 Å². The van der Waals surface area contributed by atoms with Gasteiger partial charge in [0.2, 0.25) is 5.91 Å². The van der Waals surface area contributed by atoms with Crippen LogP contribution in [0.5, 0.6) is 0 Å². The maximum atomic E-state index is 13.2. The molecule has 0 spiro atoms. The first-order valence-corrected chi connectivity index (χ1v) is 9.55. The lowest BCUT2D eigenvalue weighted by molar-refractivity contribution is -0.114. The van der Waals surface area contributed by atoms with E-state index in [0.717, 1.165) is 37.5 Å². The number of carbonyl (C=O) groups is 1. The highest BCUT2D eigenvalue weighted by atomic mass is 16.2. The van der Waals surface area contributed by atoms with Gasteiger partial charge in [0, 0.05) is 18.7 Å². The Balaban J connectivity index is 1.64. The van der Waals surface area contributed by atoms with Crippen molar-refractivity contribution in [3.8, 4) is 0 Å². The highest BCUT2D eigenvalue weighted by molar-refractivity contribution is 5.91. The molecular formula is C20H23N3O3. The summed E-state index contributed by atoms with van der Waals surface area (Å²) in [6, 6.07) is 5.08. The van der Waals surface area contributed by atoms with Crippen molar-refractivity contribution in [1.82, 2.24) is 9.55 Å². The summed E-state index contributed by atoms with van der Waals surface area (Å²) in [5.41, 5.74) is 0.570. The van der Waals surface area contributed by atoms with Gasteiger partial charge in [-0.25, -0.2) is 4.79 Å². The number of benzene rings is 1. The third kappa shape index (κ3) is 2.35. The number of hydrogen-bond donors (Lipinski definition) is 2. The molecule has 4 aliphatic carbocycles. The van der Waals surface area contributed by atoms with Gasteiger partial charge in [0.1, 0.15) is 0 Å². The molecule has 26 heavy (non-hydrogen) atoms. The number of amides is 1. The molecule has 6 heteroatoms. The number of nitrogens with one attached hydrogen (secondary N) is 2. The topological polar surface area (TPSA) is 84.0 Å². The number of anilines is 1. The second-order valence-corrected chi connectivity index (χ2v) is 8.47. The molecule has 6 nitrogen and oxygen atoms in total. The highest BCUT2D eigenvalue weighted by Crippen LogP contribution is 2.57. The van der Waals surface area contributed by atoms with Gasteiger partial charge >= 0.3 is 5.69 Å². The van der Waals surface area contributed by atoms with Gasteiger partial charge in [-0.3, -0.25) is 14.2 Å². The average Bonchev–Trinajstić information content (AvgIpc) is 2.56. The number of hydrogen-bond acceptors (Lipinski definition) is 3. The molecule has 1 aromatic carbocycles. The lowest BCUT2D eigenvalue weighted by Crippen LogP contribution is -2.51. The predicted octanol–water partition coefficient (Wildman–Crippen LogP) is 2.65. The first-order chi connectivity index (χ1) is 12.5. The van der Waals surface area contributed by atoms with Crippen LogP contribution in [0.2, 0.25) is 0 Å². The standard InChI is InChI=1S/C20H23N3O3/c1-10(24)21-15-2-3-17-16(9-15)19(25)23(20(26)22-17)18-13-5-11-4-12(7-13)8-14(18)6-11/h2-3,9,11-14,18H,4-8H2,1H3,(H,21,24)(H,22,26). The van der Waals surface area contributed by atoms with Gasteiger partial charge < -0.3 is 10.3 Å². The van der Waals surface area contributed by atoms with Gasteiger partial charge in [0.25, 0.3) is 5.56 Å². The van der Waals surface area contributed by atoms with Crippen molar-refractivity contribution in [1.29, 1.82) is 0 Å². The molecule has 136 valence electrons. The van der Waals surface area contributed by atoms with E-state index in [2.05, 4.69) is 10.3 Å². The molecule has 4 fully saturated rings. The van der Waals surface area contributed by atoms with Crippen molar-refractivity contribution >= 4 is 22.5 Å². The van der Waals surface area contributed by atoms with Crippen LogP contribution < -0.4 is 16.6 Å². The summed E-state index contributed by atoms with van der Waals surface area (Å²) in [7, 11) is 0. The number of aromatic nitrogens is 2. The second kappa shape index (κ2) is 5.56. The van der Waals surface area contributed by atoms with Gasteiger partial charge in [-0.1, -0.05) is 0 Å². The molecule has 0 saturated heterocycles. The van der Waals surface area contributed by atoms with E-state index in [4.69, 9.17) is 0 Å². The van der Waals surface area contributed by atoms with Crippen molar-refractivity contribution in [2.75, 3.05) is 5.32 Å². The number of fused-ring (bicyclic) bond motifs is 1. The zero-order valence-electron chi connectivity index (χ0n) is 14.8. The fraction of sp³-hybridized carbons (Fsp3) is 0.550. The molecular weight excluding hydrogens is 330 g/mol. The van der Waals surface area contributed by atoms with Crippen molar-refractivity contribution < 1.29 is 4.79 Å². The van der Waals surface area contributed by atoms with E-state index < -0.39 is 0 Å². The minimum absolute atomic E-state index is 0.0212. The first kappa shape index (κ1) is 15.9. The van der Waals surface area contributed by atoms with E-state index in [-0.39, 0.29) is 23.2 Å². The van der Waals surface area contributed by atoms with Gasteiger partial charge in [-0.15, -0.1) is 0 Å². The highest BCUT2D eigenvalue weighted by Gasteiger charge is 2.49. The minimum Gasteiger partial charge on any atom is -0.326 e. The molecule has 0 radical (unpaired) electrons. The third-order valence-corrected chi connectivity index (χ3v) is 6.72. The largest absolute Gasteiger partial charge is 0.329 e. The minimum atomic E-state index is -0.299. The maximum Gasteiger partial charge on any atom is 0.329 e. The number of nitrogens with zero attached hydrogens (tertiary/aromatic N) is 1. The SMILES string of the molecule is CC(=O)Nc1ccc2[nH]c(=O)n(C3C4CC5CC(C4)CC3C5)c(=O)c2c1. The number of aromatic amines is 1. The molecule has 0 aliphatic heterocycles. The molecule has 1 heterocycles. The number of carbonyl (C=O) groups excluding carboxylic acids is 1. The molecule has 2 aromatic rings. The Kier molecular flexibility index (Phi) is 3.39. The zero-order valence-corrected chi connectivity index (χ0v) is 14.8. The Morgan fingerprint density at radius 3 is 2.35 bits per heavy atom. The molecule has 0 atom stereocenters. The molecule has 1 aromatic heterocycles. The monoisotopic (exact) mass is 353 g/mol. The second-order valence-electron chi connectivity index (χ2n) is 8.47. The van der Waals surface area contributed by atoms with E-state index in [1.54, 1.807) is 18.2 Å². The van der Waals surface area contributed by atoms with E-state index >= 15 is 0 Å². The Bertz CT molecular complexity index is 991. The Hall–Kier alpha value is -2.37. The van der Waals surface area contributed by atoms with Crippen molar-refractivity contribution in [2.24, 2.45) is 23.7 Å². The third-order valence-electron chi connectivity index (χ3n) is 6.72. The summed E-state index contributed by atoms with van der Waals surface area (Å²) in [6.45, 7) is 1.43. The van der Waals surface area contributed by atoms with Crippen LogP contribution in [0.4, 0.5) is 5.69 Å². The van der Waals surface area contributed by atoms with Gasteiger partial charge in [0.15, 0.2) is 0 Å². The number of H-pyrrole nitrogens is 1. The van der Waals surface area contributed by atoms with Crippen LogP contribution >= 0.6 is 0 Å². The molecule has 4 bridgehead atoms. The van der Waals surface area contributed by atoms with Crippen LogP contribution in [0, 0.1) is 23.7 Å². The van der Waals surface area contributed by atoms with Gasteiger partial charge in [-0.05, 0) is 74.0 Å². The van der Waals surface area contributed by atoms with Crippen LogP contribution in [0.25, 0.3) is 10.9 Å². The van der Waals surface area contributed by atoms with Crippen LogP contribution in [0.3, 0.4) is 0 Å². The summed E-state index contributed by atoms with van der Waals surface area (Å²) in [4.78, 5) is 40.2. The Morgan fingerprint density at radius 2 is 1.73 bits per heavy atom. The first-order valence-electron chi connectivity index (χ1n) is 9.55. The van der Waals surface area contributed by atoms with Crippen molar-refractivity contribution in [3.05, 3.63) is 39.0 Å². The Labute approximate surface area is 150 Å². The van der Waals surface area contributed by atoms with E-state index in [0.29, 0.717) is 28.4 Å². The fourth-order valence-corrected chi connectivity index (χ4v) is 6.10. The summed E-state index contributed by atoms with van der Waals surface area (Å²) < 4.78 is 1.49. The quantitative estimate of drug-likeness (QED) is 0.870. The molecule has 4 aliphatic rings. The summed E-state index contributed by atoms with van der Waals surface area (Å²) in [5, 5.41) is 3.17. The summed E-state index contributed by atoms with van der Waals surface area (Å²) in [6.07, 6.45) is 5.92. The maximum absolute atomic E-state index is 13.2. The van der Waals surface area contributed by atoms with Gasteiger partial charge in [0.05, 0.1) is 10.9 Å². The average molecular weight is 353 g/mol. The predicted molar refractivity (Wildman–Crippen MR) is 99.2 cm³/mol. The van der Waals surface area contributed by atoms with Crippen LogP contribution in [0.1, 0.15) is 45.1 Å². The molecule has 6 rings (SSSR count). The zero-order chi connectivity index (χ0) is 18.0. The van der Waals surface area contributed by atoms with E-state index in [9.17, 15) is 14.4 Å². The van der Waals surface area contributed by atoms with Crippen LogP contribution in [-0.4, -0.2) is 15.5 Å². The summed E-state index contributed by atoms with van der Waals surface area (Å²) >= 11 is 0. The normalized spacial score (nSPS) is 32.1. The van der Waals surface area contributed by atoms with Crippen LogP contribution in [-0.2, 0) is 4.79 Å². The molecule has 0 unspecified atom stereocenters. The van der Waals surface area contributed by atoms with Gasteiger partial charge in [-0.2, -0.15) is 0 Å². The molecule has 2 N–H and O–H groups in total. The lowest BCUT2D eigenvalue weighted by atomic mass is 9.54. The number of rotatable bonds is 2. The lowest BCUT2D eigenvalue weighted by Gasteiger charge is -2.54. The van der Waals surface area contributed by atoms with E-state index in [1.807, 2.05) is 0 Å². The summed E-state index contributed by atoms with van der Waals surface area (Å²) in [5.74, 6) is 2.28. The van der Waals surface area contributed by atoms with Crippen molar-refractivity contribution in [2.45, 2.75) is 45.1 Å². The fourth-order valence-electron chi connectivity index (χ4n) is 6.10. The molecule has 1 amide bonds. The Morgan fingerprint density at radius 1 is 1.08 bits per heavy atom.